The smallest absolute Gasteiger partial charge is 0.408 e. The fourth-order valence-corrected chi connectivity index (χ4v) is 3.69. The molecule has 7 nitrogen and oxygen atoms in total. The van der Waals surface area contributed by atoms with Gasteiger partial charge in [-0.1, -0.05) is 70.0 Å². The molecule has 34 heavy (non-hydrogen) atoms. The van der Waals surface area contributed by atoms with Crippen molar-refractivity contribution in [2.45, 2.75) is 91.5 Å². The number of amides is 3. The first-order chi connectivity index (χ1) is 15.9. The Bertz CT molecular complexity index is 804. The average Bonchev–Trinajstić information content (AvgIpc) is 2.75. The van der Waals surface area contributed by atoms with E-state index in [1.165, 1.54) is 4.90 Å². The van der Waals surface area contributed by atoms with E-state index in [1.54, 1.807) is 26.8 Å². The van der Waals surface area contributed by atoms with Gasteiger partial charge in [-0.3, -0.25) is 9.59 Å². The molecule has 1 rings (SSSR count). The normalized spacial score (nSPS) is 14.8. The molecule has 0 aliphatic rings. The molecule has 0 aliphatic heterocycles. The molecule has 0 saturated carbocycles. The third-order valence-electron chi connectivity index (χ3n) is 5.55. The Kier molecular flexibility index (Phi) is 11.8. The lowest BCUT2D eigenvalue weighted by atomic mass is 9.95. The van der Waals surface area contributed by atoms with Crippen molar-refractivity contribution in [1.82, 2.24) is 15.5 Å². The maximum absolute atomic E-state index is 13.9. The van der Waals surface area contributed by atoms with Crippen LogP contribution < -0.4 is 10.6 Å². The van der Waals surface area contributed by atoms with Crippen LogP contribution in [0.1, 0.15) is 79.3 Å². The zero-order valence-corrected chi connectivity index (χ0v) is 21.9. The van der Waals surface area contributed by atoms with Crippen molar-refractivity contribution in [3.63, 3.8) is 0 Å². The summed E-state index contributed by atoms with van der Waals surface area (Å²) in [5.74, 6) is -0.791. The highest BCUT2D eigenvalue weighted by Gasteiger charge is 2.37. The van der Waals surface area contributed by atoms with E-state index >= 15 is 0 Å². The predicted molar refractivity (Wildman–Crippen MR) is 136 cm³/mol. The summed E-state index contributed by atoms with van der Waals surface area (Å²) in [6, 6.07) is 7.46. The van der Waals surface area contributed by atoms with E-state index in [4.69, 9.17) is 4.74 Å². The fourth-order valence-electron chi connectivity index (χ4n) is 3.69. The van der Waals surface area contributed by atoms with Crippen molar-refractivity contribution in [3.8, 4) is 0 Å². The summed E-state index contributed by atoms with van der Waals surface area (Å²) in [7, 11) is 0. The molecule has 0 heterocycles. The van der Waals surface area contributed by atoms with Gasteiger partial charge in [0.15, 0.2) is 0 Å². The summed E-state index contributed by atoms with van der Waals surface area (Å²) >= 11 is 0. The molecule has 0 fully saturated rings. The van der Waals surface area contributed by atoms with Gasteiger partial charge in [-0.25, -0.2) is 4.79 Å². The van der Waals surface area contributed by atoms with Crippen LogP contribution in [0.3, 0.4) is 0 Å². The molecule has 2 N–H and O–H groups in total. The van der Waals surface area contributed by atoms with Crippen LogP contribution >= 0.6 is 0 Å². The monoisotopic (exact) mass is 473 g/mol. The lowest BCUT2D eigenvalue weighted by Gasteiger charge is -2.36. The minimum Gasteiger partial charge on any atom is -0.444 e. The van der Waals surface area contributed by atoms with Crippen LogP contribution in [0.4, 0.5) is 4.79 Å². The first-order valence-electron chi connectivity index (χ1n) is 12.2. The molecule has 0 radical (unpaired) electrons. The predicted octanol–water partition coefficient (Wildman–Crippen LogP) is 4.99. The Morgan fingerprint density at radius 2 is 1.71 bits per heavy atom. The molecule has 3 amide bonds. The van der Waals surface area contributed by atoms with E-state index in [2.05, 4.69) is 24.1 Å². The summed E-state index contributed by atoms with van der Waals surface area (Å²) in [6.45, 7) is 17.1. The highest BCUT2D eigenvalue weighted by molar-refractivity contribution is 5.92. The van der Waals surface area contributed by atoms with Gasteiger partial charge in [-0.15, -0.1) is 6.58 Å². The molecule has 1 aromatic carbocycles. The maximum Gasteiger partial charge on any atom is 0.408 e. The molecule has 0 aromatic heterocycles. The van der Waals surface area contributed by atoms with Gasteiger partial charge in [0.05, 0.1) is 0 Å². The minimum absolute atomic E-state index is 0.0327. The summed E-state index contributed by atoms with van der Waals surface area (Å²) < 4.78 is 5.40. The van der Waals surface area contributed by atoms with Gasteiger partial charge in [0.25, 0.3) is 0 Å². The summed E-state index contributed by atoms with van der Waals surface area (Å²) in [4.78, 5) is 41.4. The minimum atomic E-state index is -0.863. The van der Waals surface area contributed by atoms with Gasteiger partial charge >= 0.3 is 6.09 Å². The number of nitrogens with zero attached hydrogens (tertiary/aromatic N) is 1. The van der Waals surface area contributed by atoms with E-state index in [-0.39, 0.29) is 30.3 Å². The van der Waals surface area contributed by atoms with Crippen molar-refractivity contribution < 1.29 is 19.1 Å². The SMILES string of the molecule is C=CCN(C(=O)C(NC(=O)OC(C)(C)C)C(C)CC)C(C(=O)NC(C)CCC)c1ccccc1. The lowest BCUT2D eigenvalue weighted by molar-refractivity contribution is -0.143. The fraction of sp³-hybridized carbons (Fsp3) is 0.593. The molecule has 1 aromatic rings. The Morgan fingerprint density at radius 1 is 1.09 bits per heavy atom. The van der Waals surface area contributed by atoms with E-state index in [9.17, 15) is 14.4 Å². The van der Waals surface area contributed by atoms with Gasteiger partial charge < -0.3 is 20.3 Å². The summed E-state index contributed by atoms with van der Waals surface area (Å²) in [5, 5.41) is 5.80. The number of alkyl carbamates (subject to hydrolysis) is 1. The number of rotatable bonds is 12. The molecule has 4 unspecified atom stereocenters. The molecular formula is C27H43N3O4. The number of carbonyl (C=O) groups excluding carboxylic acids is 3. The van der Waals surface area contributed by atoms with E-state index in [0.29, 0.717) is 12.0 Å². The van der Waals surface area contributed by atoms with Crippen LogP contribution in [0.25, 0.3) is 0 Å². The second-order valence-electron chi connectivity index (χ2n) is 9.80. The van der Waals surface area contributed by atoms with Crippen LogP contribution in [0, 0.1) is 5.92 Å². The van der Waals surface area contributed by atoms with Crippen LogP contribution in [-0.2, 0) is 14.3 Å². The first-order valence-corrected chi connectivity index (χ1v) is 12.2. The topological polar surface area (TPSA) is 87.7 Å². The largest absolute Gasteiger partial charge is 0.444 e. The molecule has 0 aliphatic carbocycles. The first kappa shape index (κ1) is 29.2. The van der Waals surface area contributed by atoms with Crippen molar-refractivity contribution in [1.29, 1.82) is 0 Å². The van der Waals surface area contributed by atoms with Crippen LogP contribution in [0.15, 0.2) is 43.0 Å². The number of ether oxygens (including phenoxy) is 1. The Labute approximate surface area is 205 Å². The lowest BCUT2D eigenvalue weighted by Crippen LogP contribution is -2.55. The standard InChI is InChI=1S/C27H43N3O4/c1-9-15-20(5)28-24(31)23(21-16-13-12-14-17-21)30(18-10-2)25(32)22(19(4)11-3)29-26(33)34-27(6,7)8/h10,12-14,16-17,19-20,22-23H,2,9,11,15,18H2,1,3-8H3,(H,28,31)(H,29,33). The Hall–Kier alpha value is -2.83. The van der Waals surface area contributed by atoms with Crippen molar-refractivity contribution in [3.05, 3.63) is 48.6 Å². The van der Waals surface area contributed by atoms with Crippen molar-refractivity contribution in [2.75, 3.05) is 6.54 Å². The number of hydrogen-bond acceptors (Lipinski definition) is 4. The maximum atomic E-state index is 13.9. The van der Waals surface area contributed by atoms with Crippen LogP contribution in [0.5, 0.6) is 0 Å². The number of carbonyl (C=O) groups is 3. The summed E-state index contributed by atoms with van der Waals surface area (Å²) in [5.41, 5.74) is -0.00502. The highest BCUT2D eigenvalue weighted by atomic mass is 16.6. The van der Waals surface area contributed by atoms with Gasteiger partial charge in [0.2, 0.25) is 11.8 Å². The molecule has 190 valence electrons. The second kappa shape index (κ2) is 13.8. The highest BCUT2D eigenvalue weighted by Crippen LogP contribution is 2.25. The van der Waals surface area contributed by atoms with Crippen LogP contribution in [-0.4, -0.2) is 47.0 Å². The third kappa shape index (κ3) is 9.20. The molecule has 0 saturated heterocycles. The molecule has 4 atom stereocenters. The number of nitrogens with one attached hydrogen (secondary N) is 2. The zero-order chi connectivity index (χ0) is 25.9. The van der Waals surface area contributed by atoms with Gasteiger partial charge in [0, 0.05) is 12.6 Å². The Balaban J connectivity index is 3.39. The third-order valence-corrected chi connectivity index (χ3v) is 5.55. The molecule has 0 bridgehead atoms. The van der Waals surface area contributed by atoms with Gasteiger partial charge in [0.1, 0.15) is 17.7 Å². The van der Waals surface area contributed by atoms with E-state index < -0.39 is 23.8 Å². The van der Waals surface area contributed by atoms with Gasteiger partial charge in [-0.05, 0) is 45.6 Å². The van der Waals surface area contributed by atoms with Crippen molar-refractivity contribution >= 4 is 17.9 Å². The number of benzene rings is 1. The molecule has 0 spiro atoms. The summed E-state index contributed by atoms with van der Waals surface area (Å²) in [6.07, 6.45) is 3.35. The molecular weight excluding hydrogens is 430 g/mol. The number of hydrogen-bond donors (Lipinski definition) is 2. The van der Waals surface area contributed by atoms with E-state index in [1.807, 2.05) is 51.1 Å². The molecule has 7 heteroatoms. The van der Waals surface area contributed by atoms with E-state index in [0.717, 1.165) is 12.8 Å². The zero-order valence-electron chi connectivity index (χ0n) is 21.9. The average molecular weight is 474 g/mol. The van der Waals surface area contributed by atoms with Crippen molar-refractivity contribution in [2.24, 2.45) is 5.92 Å². The second-order valence-corrected chi connectivity index (χ2v) is 9.80. The van der Waals surface area contributed by atoms with Gasteiger partial charge in [-0.2, -0.15) is 0 Å². The quantitative estimate of drug-likeness (QED) is 0.419. The Morgan fingerprint density at radius 3 is 2.21 bits per heavy atom. The van der Waals surface area contributed by atoms with Crippen LogP contribution in [0.2, 0.25) is 0 Å².